The zero-order valence-corrected chi connectivity index (χ0v) is 10.8. The highest BCUT2D eigenvalue weighted by atomic mass is 16.5. The number of aliphatic hydroxyl groups excluding tert-OH is 1. The maximum absolute atomic E-state index is 11.5. The van der Waals surface area contributed by atoms with Gasteiger partial charge in [-0.25, -0.2) is 4.79 Å². The molecule has 3 heteroatoms. The predicted molar refractivity (Wildman–Crippen MR) is 71.2 cm³/mol. The van der Waals surface area contributed by atoms with Crippen molar-refractivity contribution in [1.82, 2.24) is 0 Å². The second-order valence-corrected chi connectivity index (χ2v) is 4.07. The van der Waals surface area contributed by atoms with Crippen molar-refractivity contribution in [3.63, 3.8) is 0 Å². The van der Waals surface area contributed by atoms with Crippen LogP contribution in [0.15, 0.2) is 42.0 Å². The van der Waals surface area contributed by atoms with E-state index in [4.69, 9.17) is 9.84 Å². The first-order valence-corrected chi connectivity index (χ1v) is 6.20. The van der Waals surface area contributed by atoms with Gasteiger partial charge in [0.25, 0.3) is 0 Å². The van der Waals surface area contributed by atoms with Crippen molar-refractivity contribution in [2.75, 3.05) is 13.7 Å². The van der Waals surface area contributed by atoms with E-state index < -0.39 is 0 Å². The van der Waals surface area contributed by atoms with E-state index >= 15 is 0 Å². The van der Waals surface area contributed by atoms with Crippen molar-refractivity contribution >= 4 is 5.97 Å². The lowest BCUT2D eigenvalue weighted by Crippen LogP contribution is -2.05. The number of rotatable bonds is 7. The summed E-state index contributed by atoms with van der Waals surface area (Å²) in [4.78, 5) is 11.5. The first-order chi connectivity index (χ1) is 8.77. The Kier molecular flexibility index (Phi) is 6.81. The Balaban J connectivity index is 2.45. The zero-order valence-electron chi connectivity index (χ0n) is 10.8. The molecule has 0 unspecified atom stereocenters. The summed E-state index contributed by atoms with van der Waals surface area (Å²) < 4.78 is 4.72. The normalized spacial score (nSPS) is 11.3. The minimum absolute atomic E-state index is 0.0547. The van der Waals surface area contributed by atoms with Gasteiger partial charge in [0.2, 0.25) is 0 Å². The molecule has 0 bridgehead atoms. The van der Waals surface area contributed by atoms with Crippen LogP contribution in [0.2, 0.25) is 0 Å². The van der Waals surface area contributed by atoms with Gasteiger partial charge < -0.3 is 9.84 Å². The highest BCUT2D eigenvalue weighted by Crippen LogP contribution is 2.12. The molecule has 0 heterocycles. The van der Waals surface area contributed by atoms with E-state index in [1.807, 2.05) is 18.2 Å². The van der Waals surface area contributed by atoms with Crippen LogP contribution >= 0.6 is 0 Å². The van der Waals surface area contributed by atoms with Crippen LogP contribution in [0, 0.1) is 0 Å². The molecular weight excluding hydrogens is 228 g/mol. The molecule has 1 rings (SSSR count). The number of esters is 1. The average molecular weight is 248 g/mol. The van der Waals surface area contributed by atoms with E-state index in [0.29, 0.717) is 18.4 Å². The summed E-state index contributed by atoms with van der Waals surface area (Å²) in [5, 5.41) is 8.78. The first kappa shape index (κ1) is 14.5. The molecule has 0 aromatic heterocycles. The minimum atomic E-state index is -0.295. The van der Waals surface area contributed by atoms with Crippen LogP contribution in [-0.2, 0) is 16.0 Å². The van der Waals surface area contributed by atoms with Crippen molar-refractivity contribution in [2.24, 2.45) is 0 Å². The zero-order chi connectivity index (χ0) is 13.2. The van der Waals surface area contributed by atoms with Gasteiger partial charge in [0.15, 0.2) is 0 Å². The molecule has 0 amide bonds. The van der Waals surface area contributed by atoms with Gasteiger partial charge >= 0.3 is 5.97 Å². The largest absolute Gasteiger partial charge is 0.466 e. The van der Waals surface area contributed by atoms with Crippen LogP contribution in [0.25, 0.3) is 0 Å². The molecule has 0 radical (unpaired) electrons. The monoisotopic (exact) mass is 248 g/mol. The van der Waals surface area contributed by atoms with Gasteiger partial charge in [-0.1, -0.05) is 36.4 Å². The molecule has 1 aromatic carbocycles. The quantitative estimate of drug-likeness (QED) is 0.595. The third-order valence-corrected chi connectivity index (χ3v) is 2.72. The fraction of sp³-hybridized carbons (Fsp3) is 0.400. The third-order valence-electron chi connectivity index (χ3n) is 2.72. The number of aryl methyl sites for hydroxylation is 1. The van der Waals surface area contributed by atoms with Crippen LogP contribution in [0.4, 0.5) is 0 Å². The number of carbonyl (C=O) groups excluding carboxylic acids is 1. The fourth-order valence-corrected chi connectivity index (χ4v) is 1.78. The van der Waals surface area contributed by atoms with Gasteiger partial charge in [0.05, 0.1) is 7.11 Å². The van der Waals surface area contributed by atoms with E-state index in [1.165, 1.54) is 12.7 Å². The molecular formula is C15H20O3. The first-order valence-electron chi connectivity index (χ1n) is 6.20. The Labute approximate surface area is 108 Å². The number of hydrogen-bond acceptors (Lipinski definition) is 3. The van der Waals surface area contributed by atoms with E-state index in [-0.39, 0.29) is 12.6 Å². The molecule has 0 atom stereocenters. The smallest absolute Gasteiger partial charge is 0.333 e. The Morgan fingerprint density at radius 3 is 2.67 bits per heavy atom. The van der Waals surface area contributed by atoms with Crippen LogP contribution in [0.1, 0.15) is 24.8 Å². The van der Waals surface area contributed by atoms with Crippen LogP contribution < -0.4 is 0 Å². The van der Waals surface area contributed by atoms with Crippen molar-refractivity contribution < 1.29 is 14.6 Å². The van der Waals surface area contributed by atoms with Gasteiger partial charge in [0, 0.05) is 12.2 Å². The number of ether oxygens (including phenoxy) is 1. The van der Waals surface area contributed by atoms with E-state index in [2.05, 4.69) is 12.1 Å². The molecule has 0 aliphatic rings. The number of aliphatic hydroxyl groups is 1. The van der Waals surface area contributed by atoms with Crippen molar-refractivity contribution in [2.45, 2.75) is 25.7 Å². The standard InChI is InChI=1S/C15H20O3/c1-18-15(17)14(11-6-12-16)10-5-9-13-7-3-2-4-8-13/h2-4,7-8,11,16H,5-6,9-10,12H2,1H3/b14-11+. The van der Waals surface area contributed by atoms with Gasteiger partial charge in [0.1, 0.15) is 0 Å². The highest BCUT2D eigenvalue weighted by molar-refractivity contribution is 5.88. The summed E-state index contributed by atoms with van der Waals surface area (Å²) in [6.45, 7) is 0.0547. The molecule has 0 aliphatic heterocycles. The topological polar surface area (TPSA) is 46.5 Å². The molecule has 1 N–H and O–H groups in total. The van der Waals surface area contributed by atoms with Crippen molar-refractivity contribution in [3.8, 4) is 0 Å². The van der Waals surface area contributed by atoms with Crippen LogP contribution in [-0.4, -0.2) is 24.8 Å². The van der Waals surface area contributed by atoms with Crippen LogP contribution in [0.3, 0.4) is 0 Å². The predicted octanol–water partition coefficient (Wildman–Crippen LogP) is 2.49. The second-order valence-electron chi connectivity index (χ2n) is 4.07. The molecule has 3 nitrogen and oxygen atoms in total. The molecule has 98 valence electrons. The number of methoxy groups -OCH3 is 1. The maximum atomic E-state index is 11.5. The Bertz CT molecular complexity index is 382. The summed E-state index contributed by atoms with van der Waals surface area (Å²) in [5.41, 5.74) is 1.92. The Hall–Kier alpha value is -1.61. The number of benzene rings is 1. The number of carbonyl (C=O) groups is 1. The van der Waals surface area contributed by atoms with Crippen molar-refractivity contribution in [1.29, 1.82) is 0 Å². The lowest BCUT2D eigenvalue weighted by Gasteiger charge is -2.05. The van der Waals surface area contributed by atoms with E-state index in [1.54, 1.807) is 6.08 Å². The summed E-state index contributed by atoms with van der Waals surface area (Å²) in [5.74, 6) is -0.295. The van der Waals surface area contributed by atoms with Crippen LogP contribution in [0.5, 0.6) is 0 Å². The molecule has 0 saturated heterocycles. The molecule has 0 fully saturated rings. The number of hydrogen-bond donors (Lipinski definition) is 1. The lowest BCUT2D eigenvalue weighted by atomic mass is 10.0. The molecule has 0 spiro atoms. The summed E-state index contributed by atoms with van der Waals surface area (Å²) in [7, 11) is 1.38. The molecule has 18 heavy (non-hydrogen) atoms. The maximum Gasteiger partial charge on any atom is 0.333 e. The van der Waals surface area contributed by atoms with Crippen molar-refractivity contribution in [3.05, 3.63) is 47.5 Å². The SMILES string of the molecule is COC(=O)/C(=C/CCO)CCCc1ccccc1. The van der Waals surface area contributed by atoms with Gasteiger partial charge in [-0.05, 0) is 31.2 Å². The molecule has 0 aliphatic carbocycles. The average Bonchev–Trinajstić information content (AvgIpc) is 2.43. The van der Waals surface area contributed by atoms with Gasteiger partial charge in [-0.3, -0.25) is 0 Å². The Morgan fingerprint density at radius 2 is 2.06 bits per heavy atom. The summed E-state index contributed by atoms with van der Waals surface area (Å²) in [6, 6.07) is 10.2. The Morgan fingerprint density at radius 1 is 1.33 bits per heavy atom. The molecule has 0 saturated carbocycles. The highest BCUT2D eigenvalue weighted by Gasteiger charge is 2.08. The lowest BCUT2D eigenvalue weighted by molar-refractivity contribution is -0.136. The molecule has 1 aromatic rings. The van der Waals surface area contributed by atoms with Gasteiger partial charge in [-0.15, -0.1) is 0 Å². The summed E-state index contributed by atoms with van der Waals surface area (Å²) >= 11 is 0. The van der Waals surface area contributed by atoms with E-state index in [0.717, 1.165) is 12.8 Å². The minimum Gasteiger partial charge on any atom is -0.466 e. The second kappa shape index (κ2) is 8.48. The fourth-order valence-electron chi connectivity index (χ4n) is 1.78. The summed E-state index contributed by atoms with van der Waals surface area (Å²) in [6.07, 6.45) is 4.78. The third kappa shape index (κ3) is 5.15. The van der Waals surface area contributed by atoms with E-state index in [9.17, 15) is 4.79 Å². The van der Waals surface area contributed by atoms with Gasteiger partial charge in [-0.2, -0.15) is 0 Å².